The molecule has 19 heavy (non-hydrogen) atoms. The lowest BCUT2D eigenvalue weighted by molar-refractivity contribution is 0.554. The molecule has 0 radical (unpaired) electrons. The Bertz CT molecular complexity index is 755. The lowest BCUT2D eigenvalue weighted by Crippen LogP contribution is -2.08. The number of aromatic amines is 1. The molecule has 0 amide bonds. The molecule has 2 aromatic heterocycles. The lowest BCUT2D eigenvalue weighted by Gasteiger charge is -2.14. The normalized spacial score (nSPS) is 12.9. The van der Waals surface area contributed by atoms with Crippen LogP contribution in [0.1, 0.15) is 18.5 Å². The van der Waals surface area contributed by atoms with Gasteiger partial charge in [0.05, 0.1) is 16.1 Å². The van der Waals surface area contributed by atoms with Gasteiger partial charge < -0.3 is 9.55 Å². The first-order valence-electron chi connectivity index (χ1n) is 6.06. The Labute approximate surface area is 125 Å². The number of rotatable bonds is 3. The fraction of sp³-hybridized carbons (Fsp3) is 0.214. The molecule has 0 saturated heterocycles. The summed E-state index contributed by atoms with van der Waals surface area (Å²) in [6.07, 6.45) is 0.954. The van der Waals surface area contributed by atoms with Gasteiger partial charge >= 0.3 is 0 Å². The van der Waals surface area contributed by atoms with Crippen LogP contribution in [-0.2, 0) is 6.42 Å². The van der Waals surface area contributed by atoms with Crippen LogP contribution >= 0.6 is 35.2 Å². The number of hydrogen-bond donors (Lipinski definition) is 1. The highest BCUT2D eigenvalue weighted by atomic mass is 35.5. The first-order chi connectivity index (χ1) is 9.16. The molecule has 2 heterocycles. The summed E-state index contributed by atoms with van der Waals surface area (Å²) in [6.45, 7) is 2.17. The average molecular weight is 309 g/mol. The van der Waals surface area contributed by atoms with Crippen LogP contribution in [0.4, 0.5) is 0 Å². The Hall–Kier alpha value is -1.10. The zero-order valence-corrected chi connectivity index (χ0v) is 12.8. The highest BCUT2D eigenvalue weighted by Gasteiger charge is 2.14. The Morgan fingerprint density at radius 2 is 2.26 bits per heavy atom. The van der Waals surface area contributed by atoms with Gasteiger partial charge in [0.25, 0.3) is 0 Å². The van der Waals surface area contributed by atoms with Crippen LogP contribution in [0.5, 0.6) is 0 Å². The number of thiophene rings is 1. The molecule has 1 aromatic carbocycles. The quantitative estimate of drug-likeness (QED) is 0.658. The highest BCUT2D eigenvalue weighted by molar-refractivity contribution is 7.71. The van der Waals surface area contributed by atoms with Crippen molar-refractivity contribution in [1.29, 1.82) is 0 Å². The maximum absolute atomic E-state index is 6.32. The zero-order valence-electron chi connectivity index (χ0n) is 10.4. The van der Waals surface area contributed by atoms with E-state index in [1.807, 2.05) is 18.2 Å². The third-order valence-corrected chi connectivity index (χ3v) is 4.58. The minimum atomic E-state index is 0.274. The summed E-state index contributed by atoms with van der Waals surface area (Å²) < 4.78 is 2.84. The Balaban J connectivity index is 2.09. The van der Waals surface area contributed by atoms with Gasteiger partial charge in [-0.1, -0.05) is 17.7 Å². The average Bonchev–Trinajstić information content (AvgIpc) is 2.96. The summed E-state index contributed by atoms with van der Waals surface area (Å²) >= 11 is 13.5. The van der Waals surface area contributed by atoms with Gasteiger partial charge in [0.15, 0.2) is 4.77 Å². The van der Waals surface area contributed by atoms with Gasteiger partial charge in [-0.15, -0.1) is 0 Å². The highest BCUT2D eigenvalue weighted by Crippen LogP contribution is 2.28. The summed E-state index contributed by atoms with van der Waals surface area (Å²) in [7, 11) is 0. The molecule has 0 bridgehead atoms. The van der Waals surface area contributed by atoms with Crippen molar-refractivity contribution in [1.82, 2.24) is 9.55 Å². The van der Waals surface area contributed by atoms with Crippen LogP contribution in [0.15, 0.2) is 35.0 Å². The Morgan fingerprint density at radius 3 is 3.00 bits per heavy atom. The minimum Gasteiger partial charge on any atom is -0.331 e. The standard InChI is InChI=1S/C14H13ClN2S2/c1-9(7-10-5-6-19-8-10)17-13-11(15)3-2-4-12(13)16-14(17)18/h2-6,8-9H,7H2,1H3,(H,16,18). The van der Waals surface area contributed by atoms with Crippen molar-refractivity contribution in [2.45, 2.75) is 19.4 Å². The number of imidazole rings is 1. The third kappa shape index (κ3) is 2.36. The number of fused-ring (bicyclic) bond motifs is 1. The van der Waals surface area contributed by atoms with Gasteiger partial charge in [0.1, 0.15) is 0 Å². The smallest absolute Gasteiger partial charge is 0.178 e. The molecule has 0 saturated carbocycles. The second-order valence-corrected chi connectivity index (χ2v) is 6.19. The Kier molecular flexibility index (Phi) is 3.48. The molecule has 0 aliphatic carbocycles. The summed E-state index contributed by atoms with van der Waals surface area (Å²) in [5.41, 5.74) is 3.33. The van der Waals surface area contributed by atoms with Crippen LogP contribution in [0.3, 0.4) is 0 Å². The van der Waals surface area contributed by atoms with Gasteiger partial charge in [-0.2, -0.15) is 11.3 Å². The molecule has 3 aromatic rings. The molecule has 0 spiro atoms. The fourth-order valence-electron chi connectivity index (χ4n) is 2.40. The maximum atomic E-state index is 6.32. The van der Waals surface area contributed by atoms with Gasteiger partial charge in [0, 0.05) is 6.04 Å². The second-order valence-electron chi connectivity index (χ2n) is 4.62. The number of hydrogen-bond acceptors (Lipinski definition) is 2. The topological polar surface area (TPSA) is 20.7 Å². The van der Waals surface area contributed by atoms with Crippen molar-refractivity contribution in [2.24, 2.45) is 0 Å². The zero-order chi connectivity index (χ0) is 13.4. The van der Waals surface area contributed by atoms with Crippen molar-refractivity contribution < 1.29 is 0 Å². The van der Waals surface area contributed by atoms with Crippen molar-refractivity contribution in [3.05, 3.63) is 50.4 Å². The summed E-state index contributed by atoms with van der Waals surface area (Å²) in [6, 6.07) is 8.27. The predicted molar refractivity (Wildman–Crippen MR) is 84.9 cm³/mol. The van der Waals surface area contributed by atoms with Crippen LogP contribution < -0.4 is 0 Å². The SMILES string of the molecule is CC(Cc1ccsc1)n1c(=S)[nH]c2cccc(Cl)c21. The predicted octanol–water partition coefficient (Wildman–Crippen LogP) is 5.22. The second kappa shape index (κ2) is 5.12. The van der Waals surface area contributed by atoms with Gasteiger partial charge in [-0.05, 0) is 60.1 Å². The van der Waals surface area contributed by atoms with E-state index < -0.39 is 0 Å². The number of nitrogens with zero attached hydrogens (tertiary/aromatic N) is 1. The maximum Gasteiger partial charge on any atom is 0.178 e. The minimum absolute atomic E-state index is 0.274. The van der Waals surface area contributed by atoms with E-state index in [-0.39, 0.29) is 6.04 Å². The Morgan fingerprint density at radius 1 is 1.42 bits per heavy atom. The van der Waals surface area contributed by atoms with E-state index in [4.69, 9.17) is 23.8 Å². The van der Waals surface area contributed by atoms with E-state index in [0.29, 0.717) is 0 Å². The summed E-state index contributed by atoms with van der Waals surface area (Å²) in [5, 5.41) is 5.02. The van der Waals surface area contributed by atoms with Crippen LogP contribution in [0, 0.1) is 4.77 Å². The first-order valence-corrected chi connectivity index (χ1v) is 7.79. The molecule has 2 nitrogen and oxygen atoms in total. The van der Waals surface area contributed by atoms with Crippen molar-refractivity contribution in [2.75, 3.05) is 0 Å². The van der Waals surface area contributed by atoms with Gasteiger partial charge in [0.2, 0.25) is 0 Å². The van der Waals surface area contributed by atoms with E-state index >= 15 is 0 Å². The van der Waals surface area contributed by atoms with Crippen molar-refractivity contribution in [3.8, 4) is 0 Å². The number of para-hydroxylation sites is 1. The number of benzene rings is 1. The molecule has 0 aliphatic rings. The lowest BCUT2D eigenvalue weighted by atomic mass is 10.1. The molecule has 0 aliphatic heterocycles. The molecule has 0 fully saturated rings. The number of halogens is 1. The largest absolute Gasteiger partial charge is 0.331 e. The van der Waals surface area contributed by atoms with E-state index in [2.05, 4.69) is 33.3 Å². The molecule has 98 valence electrons. The number of nitrogens with one attached hydrogen (secondary N) is 1. The summed E-state index contributed by atoms with van der Waals surface area (Å²) in [4.78, 5) is 3.22. The van der Waals surface area contributed by atoms with E-state index in [0.717, 1.165) is 27.2 Å². The van der Waals surface area contributed by atoms with Crippen molar-refractivity contribution >= 4 is 46.2 Å². The van der Waals surface area contributed by atoms with Gasteiger partial charge in [-0.25, -0.2) is 0 Å². The fourth-order valence-corrected chi connectivity index (χ4v) is 3.73. The molecule has 3 rings (SSSR count). The number of aromatic nitrogens is 2. The third-order valence-electron chi connectivity index (χ3n) is 3.24. The molecule has 1 unspecified atom stereocenters. The van der Waals surface area contributed by atoms with E-state index in [1.165, 1.54) is 5.56 Å². The van der Waals surface area contributed by atoms with E-state index in [1.54, 1.807) is 11.3 Å². The molecule has 1 N–H and O–H groups in total. The molecular formula is C14H13ClN2S2. The van der Waals surface area contributed by atoms with E-state index in [9.17, 15) is 0 Å². The summed E-state index contributed by atoms with van der Waals surface area (Å²) in [5.74, 6) is 0. The number of H-pyrrole nitrogens is 1. The first kappa shape index (κ1) is 12.9. The molecule has 1 atom stereocenters. The van der Waals surface area contributed by atoms with Crippen LogP contribution in [0.2, 0.25) is 5.02 Å². The monoisotopic (exact) mass is 308 g/mol. The van der Waals surface area contributed by atoms with Crippen molar-refractivity contribution in [3.63, 3.8) is 0 Å². The van der Waals surface area contributed by atoms with Gasteiger partial charge in [-0.3, -0.25) is 0 Å². The molecule has 5 heteroatoms. The van der Waals surface area contributed by atoms with Crippen LogP contribution in [-0.4, -0.2) is 9.55 Å². The van der Waals surface area contributed by atoms with Crippen LogP contribution in [0.25, 0.3) is 11.0 Å². The molecular weight excluding hydrogens is 296 g/mol.